The lowest BCUT2D eigenvalue weighted by Gasteiger charge is -2.29. The average Bonchev–Trinajstić information content (AvgIpc) is 3.13. The molecule has 4 heterocycles. The summed E-state index contributed by atoms with van der Waals surface area (Å²) in [4.78, 5) is 6.99. The molecule has 3 saturated heterocycles. The maximum atomic E-state index is 6.18. The lowest BCUT2D eigenvalue weighted by atomic mass is 9.82. The Kier molecular flexibility index (Phi) is 5.13. The van der Waals surface area contributed by atoms with Crippen LogP contribution in [0.1, 0.15) is 18.5 Å². The molecule has 5 nitrogen and oxygen atoms in total. The normalized spacial score (nSPS) is 31.4. The Balaban J connectivity index is 1.31. The van der Waals surface area contributed by atoms with Crippen LogP contribution in [0.15, 0.2) is 24.4 Å². The van der Waals surface area contributed by atoms with E-state index in [0.29, 0.717) is 11.8 Å². The Hall–Kier alpha value is -1.01. The van der Waals surface area contributed by atoms with E-state index in [0.717, 1.165) is 77.8 Å². The van der Waals surface area contributed by atoms with Crippen molar-refractivity contribution in [1.82, 2.24) is 9.88 Å². The van der Waals surface area contributed by atoms with Gasteiger partial charge in [-0.2, -0.15) is 0 Å². The fraction of sp³-hybridized carbons (Fsp3) is 0.737. The van der Waals surface area contributed by atoms with Gasteiger partial charge in [-0.1, -0.05) is 6.07 Å². The number of aromatic nitrogens is 1. The molecule has 3 aliphatic heterocycles. The maximum absolute atomic E-state index is 6.18. The topological polar surface area (TPSA) is 43.8 Å². The molecule has 3 aliphatic rings. The summed E-state index contributed by atoms with van der Waals surface area (Å²) in [5.41, 5.74) is 1.33. The Morgan fingerprint density at radius 3 is 3.00 bits per heavy atom. The molecule has 0 radical (unpaired) electrons. The molecule has 0 unspecified atom stereocenters. The standard InChI is InChI=1S/C19H28N2O3/c1-2-6-20-18(3-1)10-21-9-17-12-24-15-19(17,13-21)14-23-11-16-4-7-22-8-5-16/h1-3,6,16-17H,4-5,7-15H2/t17-,19-/m1/s1. The minimum atomic E-state index is 0.181. The van der Waals surface area contributed by atoms with Gasteiger partial charge in [-0.15, -0.1) is 0 Å². The van der Waals surface area contributed by atoms with Gasteiger partial charge in [0.25, 0.3) is 0 Å². The molecular formula is C19H28N2O3. The third-order valence-corrected chi connectivity index (χ3v) is 5.79. The van der Waals surface area contributed by atoms with Crippen LogP contribution in [-0.2, 0) is 20.8 Å². The number of ether oxygens (including phenoxy) is 3. The van der Waals surface area contributed by atoms with Gasteiger partial charge in [-0.25, -0.2) is 0 Å². The van der Waals surface area contributed by atoms with Gasteiger partial charge in [0.1, 0.15) is 0 Å². The van der Waals surface area contributed by atoms with Gasteiger partial charge in [-0.05, 0) is 30.9 Å². The molecule has 5 heteroatoms. The number of rotatable bonds is 6. The van der Waals surface area contributed by atoms with Crippen molar-refractivity contribution in [2.75, 3.05) is 52.7 Å². The molecule has 0 N–H and O–H groups in total. The van der Waals surface area contributed by atoms with Crippen LogP contribution in [0.2, 0.25) is 0 Å². The molecule has 0 aromatic carbocycles. The fourth-order valence-electron chi connectivity index (χ4n) is 4.33. The first-order valence-electron chi connectivity index (χ1n) is 9.20. The van der Waals surface area contributed by atoms with Crippen LogP contribution < -0.4 is 0 Å². The molecule has 1 aromatic heterocycles. The SMILES string of the molecule is c1ccc(CN2C[C@@H]3COC[C@]3(COCC3CCOCC3)C2)nc1. The Morgan fingerprint density at radius 2 is 2.17 bits per heavy atom. The third kappa shape index (κ3) is 3.64. The van der Waals surface area contributed by atoms with Crippen molar-refractivity contribution >= 4 is 0 Å². The summed E-state index contributed by atoms with van der Waals surface area (Å²) < 4.78 is 17.4. The van der Waals surface area contributed by atoms with Gasteiger partial charge >= 0.3 is 0 Å². The molecule has 1 aromatic rings. The molecule has 2 atom stereocenters. The van der Waals surface area contributed by atoms with E-state index >= 15 is 0 Å². The third-order valence-electron chi connectivity index (χ3n) is 5.79. The molecule has 0 bridgehead atoms. The predicted octanol–water partition coefficient (Wildman–Crippen LogP) is 1.97. The second kappa shape index (κ2) is 7.48. The van der Waals surface area contributed by atoms with Gasteiger partial charge < -0.3 is 14.2 Å². The van der Waals surface area contributed by atoms with Gasteiger partial charge in [0, 0.05) is 57.0 Å². The minimum Gasteiger partial charge on any atom is -0.381 e. The number of pyridine rings is 1. The number of hydrogen-bond donors (Lipinski definition) is 0. The van der Waals surface area contributed by atoms with Crippen LogP contribution in [0, 0.1) is 17.3 Å². The highest BCUT2D eigenvalue weighted by Crippen LogP contribution is 2.42. The largest absolute Gasteiger partial charge is 0.381 e. The van der Waals surface area contributed by atoms with Crippen molar-refractivity contribution in [1.29, 1.82) is 0 Å². The summed E-state index contributed by atoms with van der Waals surface area (Å²) in [6.07, 6.45) is 4.15. The van der Waals surface area contributed by atoms with Crippen LogP contribution in [0.4, 0.5) is 0 Å². The van der Waals surface area contributed by atoms with E-state index in [1.54, 1.807) is 0 Å². The molecule has 0 amide bonds. The lowest BCUT2D eigenvalue weighted by molar-refractivity contribution is -0.0157. The zero-order valence-corrected chi connectivity index (χ0v) is 14.4. The highest BCUT2D eigenvalue weighted by Gasteiger charge is 2.50. The first-order chi connectivity index (χ1) is 11.8. The molecular weight excluding hydrogens is 304 g/mol. The monoisotopic (exact) mass is 332 g/mol. The molecule has 24 heavy (non-hydrogen) atoms. The summed E-state index contributed by atoms with van der Waals surface area (Å²) in [5, 5.41) is 0. The van der Waals surface area contributed by atoms with E-state index in [2.05, 4.69) is 22.0 Å². The first-order valence-corrected chi connectivity index (χ1v) is 9.20. The molecule has 0 spiro atoms. The predicted molar refractivity (Wildman–Crippen MR) is 90.6 cm³/mol. The smallest absolute Gasteiger partial charge is 0.0561 e. The first kappa shape index (κ1) is 16.5. The summed E-state index contributed by atoms with van der Waals surface area (Å²) in [6, 6.07) is 6.15. The summed E-state index contributed by atoms with van der Waals surface area (Å²) in [5.74, 6) is 1.26. The van der Waals surface area contributed by atoms with Gasteiger partial charge in [0.2, 0.25) is 0 Å². The van der Waals surface area contributed by atoms with Crippen molar-refractivity contribution < 1.29 is 14.2 Å². The van der Waals surface area contributed by atoms with E-state index in [1.807, 2.05) is 12.3 Å². The number of hydrogen-bond acceptors (Lipinski definition) is 5. The van der Waals surface area contributed by atoms with Crippen molar-refractivity contribution in [3.05, 3.63) is 30.1 Å². The average molecular weight is 332 g/mol. The van der Waals surface area contributed by atoms with E-state index in [4.69, 9.17) is 14.2 Å². The second-order valence-electron chi connectivity index (χ2n) is 7.64. The number of fused-ring (bicyclic) bond motifs is 1. The maximum Gasteiger partial charge on any atom is 0.0561 e. The minimum absolute atomic E-state index is 0.181. The van der Waals surface area contributed by atoms with Crippen LogP contribution in [0.25, 0.3) is 0 Å². The van der Waals surface area contributed by atoms with Crippen LogP contribution in [-0.4, -0.2) is 62.6 Å². The molecule has 4 rings (SSSR count). The number of likely N-dealkylation sites (tertiary alicyclic amines) is 1. The van der Waals surface area contributed by atoms with Crippen molar-refractivity contribution in [2.24, 2.45) is 17.3 Å². The van der Waals surface area contributed by atoms with Crippen molar-refractivity contribution in [3.63, 3.8) is 0 Å². The lowest BCUT2D eigenvalue weighted by Crippen LogP contribution is -2.36. The number of nitrogens with zero attached hydrogens (tertiary/aromatic N) is 2. The summed E-state index contributed by atoms with van der Waals surface area (Å²) >= 11 is 0. The zero-order valence-electron chi connectivity index (χ0n) is 14.4. The highest BCUT2D eigenvalue weighted by molar-refractivity contribution is 5.06. The quantitative estimate of drug-likeness (QED) is 0.797. The van der Waals surface area contributed by atoms with Crippen LogP contribution >= 0.6 is 0 Å². The van der Waals surface area contributed by atoms with E-state index < -0.39 is 0 Å². The molecule has 132 valence electrons. The van der Waals surface area contributed by atoms with Crippen molar-refractivity contribution in [3.8, 4) is 0 Å². The fourth-order valence-corrected chi connectivity index (χ4v) is 4.33. The van der Waals surface area contributed by atoms with Gasteiger partial charge in [0.15, 0.2) is 0 Å². The van der Waals surface area contributed by atoms with Crippen LogP contribution in [0.3, 0.4) is 0 Å². The summed E-state index contributed by atoms with van der Waals surface area (Å²) in [6.45, 7) is 8.28. The zero-order chi connectivity index (χ0) is 16.2. The molecule has 0 saturated carbocycles. The van der Waals surface area contributed by atoms with E-state index in [9.17, 15) is 0 Å². The van der Waals surface area contributed by atoms with Gasteiger partial charge in [0.05, 0.1) is 25.5 Å². The Bertz CT molecular complexity index is 521. The molecule has 0 aliphatic carbocycles. The van der Waals surface area contributed by atoms with Crippen LogP contribution in [0.5, 0.6) is 0 Å². The van der Waals surface area contributed by atoms with E-state index in [-0.39, 0.29) is 5.41 Å². The Labute approximate surface area is 144 Å². The summed E-state index contributed by atoms with van der Waals surface area (Å²) in [7, 11) is 0. The van der Waals surface area contributed by atoms with E-state index in [1.165, 1.54) is 0 Å². The highest BCUT2D eigenvalue weighted by atomic mass is 16.5. The molecule has 3 fully saturated rings. The van der Waals surface area contributed by atoms with Crippen molar-refractivity contribution in [2.45, 2.75) is 19.4 Å². The second-order valence-corrected chi connectivity index (χ2v) is 7.64. The Morgan fingerprint density at radius 1 is 1.25 bits per heavy atom. The van der Waals surface area contributed by atoms with Gasteiger partial charge in [-0.3, -0.25) is 9.88 Å².